The number of hydrogen-bond acceptors (Lipinski definition) is 5. The summed E-state index contributed by atoms with van der Waals surface area (Å²) in [6, 6.07) is 5.08. The third-order valence-electron chi connectivity index (χ3n) is 5.13. The summed E-state index contributed by atoms with van der Waals surface area (Å²) in [6.07, 6.45) is 4.90. The molecule has 0 fully saturated rings. The molecule has 5 rings (SSSR count). The van der Waals surface area contributed by atoms with Gasteiger partial charge in [-0.3, -0.25) is 9.69 Å². The lowest BCUT2D eigenvalue weighted by Crippen LogP contribution is -2.14. The summed E-state index contributed by atoms with van der Waals surface area (Å²) < 4.78 is 32.7. The highest BCUT2D eigenvalue weighted by Crippen LogP contribution is 2.26. The minimum absolute atomic E-state index is 0.0170. The van der Waals surface area contributed by atoms with Gasteiger partial charge in [0.05, 0.1) is 40.6 Å². The summed E-state index contributed by atoms with van der Waals surface area (Å²) in [5, 5.41) is 15.0. The molecule has 1 atom stereocenters. The molecule has 0 aliphatic carbocycles. The monoisotopic (exact) mass is 381 g/mol. The Morgan fingerprint density at radius 1 is 1.18 bits per heavy atom. The van der Waals surface area contributed by atoms with Crippen LogP contribution in [-0.4, -0.2) is 49.2 Å². The van der Waals surface area contributed by atoms with Crippen LogP contribution in [0.4, 0.5) is 8.78 Å². The van der Waals surface area contributed by atoms with Gasteiger partial charge >= 0.3 is 0 Å². The topological polar surface area (TPSA) is 63.6 Å². The molecule has 142 valence electrons. The predicted octanol–water partition coefficient (Wildman–Crippen LogP) is 2.50. The average Bonchev–Trinajstić information content (AvgIpc) is 3.38. The van der Waals surface area contributed by atoms with Gasteiger partial charge in [0.15, 0.2) is 5.65 Å². The summed E-state index contributed by atoms with van der Waals surface area (Å²) in [5.74, 6) is -1.13. The minimum atomic E-state index is -0.607. The lowest BCUT2D eigenvalue weighted by Gasteiger charge is -2.11. The number of likely N-dealkylation sites (N-methyl/N-ethyl adjacent to an activating group) is 1. The molecule has 1 aromatic carbocycles. The van der Waals surface area contributed by atoms with Crippen LogP contribution in [0.15, 0.2) is 35.7 Å². The van der Waals surface area contributed by atoms with E-state index in [0.717, 1.165) is 12.2 Å². The van der Waals surface area contributed by atoms with Crippen molar-refractivity contribution in [2.45, 2.75) is 12.3 Å². The molecule has 3 aromatic heterocycles. The highest BCUT2D eigenvalue weighted by atomic mass is 19.1. The van der Waals surface area contributed by atoms with Crippen LogP contribution in [0.25, 0.3) is 16.6 Å². The van der Waals surface area contributed by atoms with Gasteiger partial charge in [0, 0.05) is 44.9 Å². The van der Waals surface area contributed by atoms with Gasteiger partial charge in [-0.25, -0.2) is 18.3 Å². The molecule has 0 saturated heterocycles. The number of fused-ring (bicyclic) bond motifs is 2. The molecule has 4 heterocycles. The molecule has 0 bridgehead atoms. The fraction of sp³-hybridized carbons (Fsp3) is 0.263. The van der Waals surface area contributed by atoms with Crippen LogP contribution in [0.1, 0.15) is 22.9 Å². The molecule has 0 saturated carbocycles. The third kappa shape index (κ3) is 2.54. The first-order valence-electron chi connectivity index (χ1n) is 8.88. The number of hydrazone groups is 1. The van der Waals surface area contributed by atoms with Crippen molar-refractivity contribution in [2.75, 3.05) is 13.6 Å². The van der Waals surface area contributed by atoms with Crippen molar-refractivity contribution in [3.8, 4) is 0 Å². The van der Waals surface area contributed by atoms with E-state index in [1.807, 2.05) is 30.4 Å². The smallest absolute Gasteiger partial charge is 0.153 e. The standard InChI is InChI=1S/C19H17F2N7/c1-26-10-11(7-23-26)16-3-4-18-22-8-12(28(18)25-16)5-13-15(20)6-17-14(19(13)21)9-24-27(17)2/h3-4,6-9,11H,5,10H2,1-2H3. The van der Waals surface area contributed by atoms with Crippen LogP contribution in [0, 0.1) is 11.6 Å². The van der Waals surface area contributed by atoms with Crippen molar-refractivity contribution in [2.24, 2.45) is 12.1 Å². The van der Waals surface area contributed by atoms with E-state index in [0.29, 0.717) is 22.2 Å². The van der Waals surface area contributed by atoms with Crippen LogP contribution in [0.5, 0.6) is 0 Å². The Morgan fingerprint density at radius 2 is 2.04 bits per heavy atom. The summed E-state index contributed by atoms with van der Waals surface area (Å²) in [7, 11) is 3.55. The normalized spacial score (nSPS) is 16.7. The van der Waals surface area contributed by atoms with E-state index in [1.54, 1.807) is 17.8 Å². The lowest BCUT2D eigenvalue weighted by atomic mass is 10.1. The van der Waals surface area contributed by atoms with Crippen molar-refractivity contribution in [1.29, 1.82) is 0 Å². The Kier molecular flexibility index (Phi) is 3.65. The molecule has 0 N–H and O–H groups in total. The molecule has 0 spiro atoms. The van der Waals surface area contributed by atoms with Gasteiger partial charge in [-0.1, -0.05) is 0 Å². The Hall–Kier alpha value is -3.36. The third-order valence-corrected chi connectivity index (χ3v) is 5.13. The summed E-state index contributed by atoms with van der Waals surface area (Å²) in [5.41, 5.74) is 2.48. The number of halogens is 2. The van der Waals surface area contributed by atoms with Crippen molar-refractivity contribution < 1.29 is 8.78 Å². The maximum atomic E-state index is 14.9. The molecule has 1 aliphatic rings. The Labute approximate surface area is 158 Å². The molecule has 0 radical (unpaired) electrons. The highest BCUT2D eigenvalue weighted by molar-refractivity contribution is 5.80. The van der Waals surface area contributed by atoms with Gasteiger partial charge in [0.1, 0.15) is 11.6 Å². The number of aromatic nitrogens is 5. The van der Waals surface area contributed by atoms with E-state index >= 15 is 0 Å². The van der Waals surface area contributed by atoms with Crippen LogP contribution in [-0.2, 0) is 13.5 Å². The molecule has 4 aromatic rings. The number of rotatable bonds is 3. The van der Waals surface area contributed by atoms with Crippen LogP contribution >= 0.6 is 0 Å². The van der Waals surface area contributed by atoms with E-state index in [4.69, 9.17) is 0 Å². The molecule has 9 heteroatoms. The Morgan fingerprint density at radius 3 is 2.82 bits per heavy atom. The van der Waals surface area contributed by atoms with Gasteiger partial charge < -0.3 is 0 Å². The second kappa shape index (κ2) is 6.08. The average molecular weight is 381 g/mol. The van der Waals surface area contributed by atoms with Crippen molar-refractivity contribution in [1.82, 2.24) is 29.4 Å². The molecular formula is C19H17F2N7. The van der Waals surface area contributed by atoms with E-state index in [2.05, 4.69) is 20.3 Å². The first-order chi connectivity index (χ1) is 13.5. The Bertz CT molecular complexity index is 1240. The number of aryl methyl sites for hydroxylation is 1. The second-order valence-electron chi connectivity index (χ2n) is 7.02. The summed E-state index contributed by atoms with van der Waals surface area (Å²) >= 11 is 0. The first kappa shape index (κ1) is 16.8. The number of imidazole rings is 1. The highest BCUT2D eigenvalue weighted by Gasteiger charge is 2.21. The molecule has 0 amide bonds. The zero-order chi connectivity index (χ0) is 19.4. The van der Waals surface area contributed by atoms with Crippen molar-refractivity contribution >= 4 is 22.8 Å². The van der Waals surface area contributed by atoms with Crippen LogP contribution in [0.2, 0.25) is 0 Å². The van der Waals surface area contributed by atoms with Gasteiger partial charge in [-0.15, -0.1) is 0 Å². The SMILES string of the molecule is CN1CC(c2ccc3ncc(Cc4c(F)cc5c(cnn5C)c4F)n3n2)C=N1. The maximum absolute atomic E-state index is 14.9. The molecule has 7 nitrogen and oxygen atoms in total. The zero-order valence-electron chi connectivity index (χ0n) is 15.3. The van der Waals surface area contributed by atoms with Crippen molar-refractivity contribution in [3.05, 3.63) is 59.2 Å². The summed E-state index contributed by atoms with van der Waals surface area (Å²) in [6.45, 7) is 0.740. The minimum Gasteiger partial charge on any atom is -0.299 e. The maximum Gasteiger partial charge on any atom is 0.153 e. The fourth-order valence-electron chi connectivity index (χ4n) is 3.60. The molecule has 1 unspecified atom stereocenters. The molecule has 1 aliphatic heterocycles. The Balaban J connectivity index is 1.57. The van der Waals surface area contributed by atoms with Crippen molar-refractivity contribution in [3.63, 3.8) is 0 Å². The first-order valence-corrected chi connectivity index (χ1v) is 8.88. The van der Waals surface area contributed by atoms with E-state index < -0.39 is 11.6 Å². The van der Waals surface area contributed by atoms with Crippen LogP contribution < -0.4 is 0 Å². The summed E-state index contributed by atoms with van der Waals surface area (Å²) in [4.78, 5) is 4.32. The van der Waals surface area contributed by atoms with Crippen LogP contribution in [0.3, 0.4) is 0 Å². The van der Waals surface area contributed by atoms with Gasteiger partial charge in [-0.05, 0) is 12.1 Å². The number of nitrogens with zero attached hydrogens (tertiary/aromatic N) is 7. The quantitative estimate of drug-likeness (QED) is 0.547. The lowest BCUT2D eigenvalue weighted by molar-refractivity contribution is 0.379. The largest absolute Gasteiger partial charge is 0.299 e. The number of hydrogen-bond donors (Lipinski definition) is 0. The van der Waals surface area contributed by atoms with E-state index in [9.17, 15) is 8.78 Å². The van der Waals surface area contributed by atoms with Gasteiger partial charge in [0.25, 0.3) is 0 Å². The fourth-order valence-corrected chi connectivity index (χ4v) is 3.60. The molecular weight excluding hydrogens is 364 g/mol. The predicted molar refractivity (Wildman–Crippen MR) is 100 cm³/mol. The van der Waals surface area contributed by atoms with Gasteiger partial charge in [0.2, 0.25) is 0 Å². The number of benzene rings is 1. The van der Waals surface area contributed by atoms with E-state index in [1.165, 1.54) is 16.9 Å². The molecule has 28 heavy (non-hydrogen) atoms. The van der Waals surface area contributed by atoms with Gasteiger partial charge in [-0.2, -0.15) is 15.3 Å². The second-order valence-corrected chi connectivity index (χ2v) is 7.02. The van der Waals surface area contributed by atoms with E-state index in [-0.39, 0.29) is 17.9 Å². The zero-order valence-corrected chi connectivity index (χ0v) is 15.3.